The Morgan fingerprint density at radius 1 is 1.21 bits per heavy atom. The van der Waals surface area contributed by atoms with Crippen molar-refractivity contribution in [2.24, 2.45) is 0 Å². The van der Waals surface area contributed by atoms with E-state index in [9.17, 15) is 4.79 Å². The number of amides is 1. The fraction of sp³-hybridized carbons (Fsp3) is 0.350. The van der Waals surface area contributed by atoms with Gasteiger partial charge in [-0.2, -0.15) is 0 Å². The number of anilines is 1. The molecule has 5 rings (SSSR count). The van der Waals surface area contributed by atoms with Crippen molar-refractivity contribution in [1.29, 1.82) is 0 Å². The zero-order valence-electron chi connectivity index (χ0n) is 15.6. The zero-order chi connectivity index (χ0) is 19.7. The number of thiophene rings is 1. The summed E-state index contributed by atoms with van der Waals surface area (Å²) in [6.45, 7) is 0. The van der Waals surface area contributed by atoms with Crippen LogP contribution in [0.4, 0.5) is 5.69 Å². The van der Waals surface area contributed by atoms with Crippen molar-refractivity contribution in [2.75, 3.05) is 11.1 Å². The highest BCUT2D eigenvalue weighted by atomic mass is 32.2. The molecule has 1 amide bonds. The first-order valence-corrected chi connectivity index (χ1v) is 11.5. The van der Waals surface area contributed by atoms with Gasteiger partial charge in [0.1, 0.15) is 0 Å². The lowest BCUT2D eigenvalue weighted by Gasteiger charge is -2.31. The highest BCUT2D eigenvalue weighted by Gasteiger charge is 2.42. The Morgan fingerprint density at radius 2 is 2.07 bits per heavy atom. The predicted molar refractivity (Wildman–Crippen MR) is 113 cm³/mol. The van der Waals surface area contributed by atoms with Gasteiger partial charge in [0.05, 0.1) is 10.6 Å². The molecule has 9 heteroatoms. The number of nitrogens with zero attached hydrogens (tertiary/aromatic N) is 2. The molecule has 150 valence electrons. The van der Waals surface area contributed by atoms with Crippen molar-refractivity contribution >= 4 is 34.7 Å². The number of benzene rings is 1. The van der Waals surface area contributed by atoms with E-state index in [-0.39, 0.29) is 11.7 Å². The number of H-pyrrole nitrogens is 1. The number of rotatable bonds is 5. The molecule has 0 unspecified atom stereocenters. The molecular weight excluding hydrogens is 408 g/mol. The van der Waals surface area contributed by atoms with Crippen molar-refractivity contribution in [3.05, 3.63) is 35.7 Å². The molecule has 2 N–H and O–H groups in total. The number of nitrogens with one attached hydrogen (secondary N) is 2. The molecule has 1 aliphatic carbocycles. The first-order chi connectivity index (χ1) is 14.2. The Bertz CT molecular complexity index is 1010. The van der Waals surface area contributed by atoms with Gasteiger partial charge in [-0.3, -0.25) is 9.89 Å². The average Bonchev–Trinajstić information content (AvgIpc) is 3.46. The maximum absolute atomic E-state index is 12.3. The van der Waals surface area contributed by atoms with Crippen LogP contribution in [-0.4, -0.2) is 32.6 Å². The Balaban J connectivity index is 1.17. The maximum Gasteiger partial charge on any atom is 0.251 e. The van der Waals surface area contributed by atoms with Crippen LogP contribution >= 0.6 is 23.1 Å². The fourth-order valence-electron chi connectivity index (χ4n) is 3.63. The summed E-state index contributed by atoms with van der Waals surface area (Å²) in [5, 5.41) is 12.5. The number of carbonyl (C=O) groups excluding carboxylic acids is 1. The van der Waals surface area contributed by atoms with Gasteiger partial charge in [-0.05, 0) is 36.4 Å². The number of carbonyl (C=O) groups is 1. The van der Waals surface area contributed by atoms with E-state index in [1.807, 2.05) is 35.7 Å². The lowest BCUT2D eigenvalue weighted by molar-refractivity contribution is -0.113. The van der Waals surface area contributed by atoms with Crippen LogP contribution in [0.15, 0.2) is 40.9 Å². The molecule has 1 fully saturated rings. The van der Waals surface area contributed by atoms with E-state index in [2.05, 4.69) is 20.5 Å². The molecule has 0 bridgehead atoms. The van der Waals surface area contributed by atoms with Gasteiger partial charge >= 0.3 is 0 Å². The molecule has 29 heavy (non-hydrogen) atoms. The number of aromatic amines is 1. The Morgan fingerprint density at radius 3 is 2.90 bits per heavy atom. The normalized spacial score (nSPS) is 16.8. The van der Waals surface area contributed by atoms with Gasteiger partial charge in [0.25, 0.3) is 5.79 Å². The summed E-state index contributed by atoms with van der Waals surface area (Å²) in [7, 11) is 0. The zero-order valence-corrected chi connectivity index (χ0v) is 17.3. The summed E-state index contributed by atoms with van der Waals surface area (Å²) in [6, 6.07) is 9.48. The summed E-state index contributed by atoms with van der Waals surface area (Å²) in [5.74, 6) is 1.76. The van der Waals surface area contributed by atoms with E-state index in [4.69, 9.17) is 9.47 Å². The smallest absolute Gasteiger partial charge is 0.251 e. The minimum atomic E-state index is -0.509. The van der Waals surface area contributed by atoms with Crippen LogP contribution in [0.5, 0.6) is 11.5 Å². The summed E-state index contributed by atoms with van der Waals surface area (Å²) >= 11 is 2.88. The van der Waals surface area contributed by atoms with Crippen LogP contribution in [-0.2, 0) is 4.79 Å². The molecule has 1 spiro atoms. The first-order valence-electron chi connectivity index (χ1n) is 9.60. The van der Waals surface area contributed by atoms with E-state index >= 15 is 0 Å². The van der Waals surface area contributed by atoms with Crippen LogP contribution in [0.2, 0.25) is 0 Å². The van der Waals surface area contributed by atoms with Crippen LogP contribution < -0.4 is 14.8 Å². The van der Waals surface area contributed by atoms with Crippen LogP contribution in [0.25, 0.3) is 10.7 Å². The third-order valence-electron chi connectivity index (χ3n) is 4.99. The monoisotopic (exact) mass is 428 g/mol. The van der Waals surface area contributed by atoms with E-state index in [0.29, 0.717) is 16.6 Å². The average molecular weight is 429 g/mol. The molecule has 3 aromatic rings. The molecule has 0 radical (unpaired) electrons. The number of hydrogen-bond donors (Lipinski definition) is 2. The number of thioether (sulfide) groups is 1. The minimum absolute atomic E-state index is 0.122. The molecule has 0 atom stereocenters. The third-order valence-corrected chi connectivity index (χ3v) is 6.71. The number of hydrogen-bond acceptors (Lipinski definition) is 7. The topological polar surface area (TPSA) is 89.1 Å². The molecule has 2 aromatic heterocycles. The van der Waals surface area contributed by atoms with Crippen LogP contribution in [0.3, 0.4) is 0 Å². The maximum atomic E-state index is 12.3. The fourth-order valence-corrected chi connectivity index (χ4v) is 4.89. The largest absolute Gasteiger partial charge is 0.448 e. The second-order valence-electron chi connectivity index (χ2n) is 7.12. The Hall–Kier alpha value is -2.52. The van der Waals surface area contributed by atoms with Crippen LogP contribution in [0.1, 0.15) is 32.1 Å². The highest BCUT2D eigenvalue weighted by Crippen LogP contribution is 2.46. The van der Waals surface area contributed by atoms with Gasteiger partial charge in [-0.1, -0.05) is 24.2 Å². The van der Waals surface area contributed by atoms with Gasteiger partial charge in [0.15, 0.2) is 17.3 Å². The second-order valence-corrected chi connectivity index (χ2v) is 9.01. The van der Waals surface area contributed by atoms with Crippen molar-refractivity contribution in [1.82, 2.24) is 15.2 Å². The Labute approximate surface area is 176 Å². The SMILES string of the molecule is O=C(CSc1n[nH]c(-c2cccs2)n1)Nc1ccc2c(c1)OC1(CCCCC1)O2. The summed E-state index contributed by atoms with van der Waals surface area (Å²) < 4.78 is 12.2. The van der Waals surface area contributed by atoms with Gasteiger partial charge in [0.2, 0.25) is 11.1 Å². The molecule has 7 nitrogen and oxygen atoms in total. The standard InChI is InChI=1S/C20H20N4O3S2/c25-17(12-29-19-22-18(23-24-19)16-5-4-10-28-16)21-13-6-7-14-15(11-13)27-20(26-14)8-2-1-3-9-20/h4-7,10-11H,1-3,8-9,12H2,(H,21,25)(H,22,23,24). The predicted octanol–water partition coefficient (Wildman–Crippen LogP) is 4.70. The van der Waals surface area contributed by atoms with Gasteiger partial charge in [-0.15, -0.1) is 16.4 Å². The quantitative estimate of drug-likeness (QED) is 0.573. The van der Waals surface area contributed by atoms with Crippen molar-refractivity contribution in [3.63, 3.8) is 0 Å². The van der Waals surface area contributed by atoms with Crippen LogP contribution in [0, 0.1) is 0 Å². The van der Waals surface area contributed by atoms with E-state index in [1.54, 1.807) is 11.3 Å². The van der Waals surface area contributed by atoms with Crippen molar-refractivity contribution < 1.29 is 14.3 Å². The summed E-state index contributed by atoms with van der Waals surface area (Å²) in [5.41, 5.74) is 0.695. The lowest BCUT2D eigenvalue weighted by atomic mass is 9.94. The molecule has 3 heterocycles. The number of ether oxygens (including phenoxy) is 2. The van der Waals surface area contributed by atoms with E-state index in [0.717, 1.165) is 42.1 Å². The second kappa shape index (κ2) is 7.72. The van der Waals surface area contributed by atoms with Gasteiger partial charge < -0.3 is 14.8 Å². The number of aromatic nitrogens is 3. The summed E-state index contributed by atoms with van der Waals surface area (Å²) in [4.78, 5) is 17.8. The number of fused-ring (bicyclic) bond motifs is 1. The summed E-state index contributed by atoms with van der Waals surface area (Å²) in [6.07, 6.45) is 5.27. The van der Waals surface area contributed by atoms with Crippen molar-refractivity contribution in [2.45, 2.75) is 43.0 Å². The molecule has 0 saturated heterocycles. The molecule has 1 aromatic carbocycles. The van der Waals surface area contributed by atoms with E-state index in [1.165, 1.54) is 18.2 Å². The first kappa shape index (κ1) is 18.5. The highest BCUT2D eigenvalue weighted by molar-refractivity contribution is 7.99. The molecular formula is C20H20N4O3S2. The molecule has 1 aliphatic heterocycles. The minimum Gasteiger partial charge on any atom is -0.448 e. The van der Waals surface area contributed by atoms with Crippen molar-refractivity contribution in [3.8, 4) is 22.2 Å². The van der Waals surface area contributed by atoms with Gasteiger partial charge in [-0.25, -0.2) is 4.98 Å². The molecule has 2 aliphatic rings. The van der Waals surface area contributed by atoms with E-state index < -0.39 is 5.79 Å². The van der Waals surface area contributed by atoms with Gasteiger partial charge in [0, 0.05) is 24.6 Å². The lowest BCUT2D eigenvalue weighted by Crippen LogP contribution is -2.40. The molecule has 1 saturated carbocycles. The Kier molecular flexibility index (Phi) is 4.92. The third kappa shape index (κ3) is 3.97.